The first-order chi connectivity index (χ1) is 9.06. The van der Waals surface area contributed by atoms with Crippen molar-refractivity contribution in [3.8, 4) is 0 Å². The van der Waals surface area contributed by atoms with Crippen molar-refractivity contribution in [2.75, 3.05) is 13.1 Å². The zero-order valence-corrected chi connectivity index (χ0v) is 11.5. The summed E-state index contributed by atoms with van der Waals surface area (Å²) in [5.74, 6) is 0.564. The first-order valence-corrected chi connectivity index (χ1v) is 6.90. The number of nitrogens with zero attached hydrogens (tertiary/aromatic N) is 1. The Morgan fingerprint density at radius 1 is 1.47 bits per heavy atom. The van der Waals surface area contributed by atoms with Crippen LogP contribution >= 0.6 is 0 Å². The van der Waals surface area contributed by atoms with Gasteiger partial charge in [0, 0.05) is 12.1 Å². The van der Waals surface area contributed by atoms with E-state index in [9.17, 15) is 5.11 Å². The smallest absolute Gasteiger partial charge is 0.122 e. The van der Waals surface area contributed by atoms with Gasteiger partial charge in [0.15, 0.2) is 0 Å². The maximum atomic E-state index is 9.59. The molecule has 1 fully saturated rings. The molecular formula is C15H23N3O. The summed E-state index contributed by atoms with van der Waals surface area (Å²) in [6, 6.07) is 7.89. The molecule has 0 amide bonds. The minimum atomic E-state index is -0.191. The van der Waals surface area contributed by atoms with Gasteiger partial charge in [-0.05, 0) is 50.4 Å². The van der Waals surface area contributed by atoms with Crippen LogP contribution in [0.1, 0.15) is 30.9 Å². The highest BCUT2D eigenvalue weighted by molar-refractivity contribution is 5.95. The van der Waals surface area contributed by atoms with Crippen molar-refractivity contribution in [2.45, 2.75) is 32.4 Å². The number of likely N-dealkylation sites (tertiary alicyclic amines) is 1. The number of nitrogens with one attached hydrogen (secondary N) is 1. The molecule has 0 bridgehead atoms. The molecule has 104 valence electrons. The topological polar surface area (TPSA) is 73.3 Å². The molecule has 1 heterocycles. The average molecular weight is 261 g/mol. The van der Waals surface area contributed by atoms with Crippen LogP contribution in [0.4, 0.5) is 0 Å². The summed E-state index contributed by atoms with van der Waals surface area (Å²) in [6.45, 7) is 4.84. The quantitative estimate of drug-likeness (QED) is 0.569. The number of aliphatic hydroxyl groups excluding tert-OH is 1. The predicted octanol–water partition coefficient (Wildman–Crippen LogP) is 1.56. The lowest BCUT2D eigenvalue weighted by atomic mass is 9.92. The Labute approximate surface area is 114 Å². The van der Waals surface area contributed by atoms with E-state index in [4.69, 9.17) is 11.1 Å². The molecule has 1 aromatic carbocycles. The average Bonchev–Trinajstić information content (AvgIpc) is 2.39. The molecule has 1 aromatic rings. The van der Waals surface area contributed by atoms with Crippen molar-refractivity contribution in [2.24, 2.45) is 11.7 Å². The van der Waals surface area contributed by atoms with Crippen LogP contribution in [0.5, 0.6) is 0 Å². The van der Waals surface area contributed by atoms with E-state index in [-0.39, 0.29) is 11.9 Å². The molecule has 0 spiro atoms. The van der Waals surface area contributed by atoms with E-state index < -0.39 is 0 Å². The van der Waals surface area contributed by atoms with Crippen molar-refractivity contribution in [1.29, 1.82) is 5.41 Å². The molecule has 1 unspecified atom stereocenters. The summed E-state index contributed by atoms with van der Waals surface area (Å²) in [5, 5.41) is 17.1. The number of aliphatic hydroxyl groups is 1. The highest BCUT2D eigenvalue weighted by Crippen LogP contribution is 2.22. The van der Waals surface area contributed by atoms with Gasteiger partial charge < -0.3 is 10.8 Å². The SMILES string of the molecule is CC(O)C1CCN(Cc2cccc(C(=N)N)c2)CC1. The second kappa shape index (κ2) is 6.17. The number of benzene rings is 1. The van der Waals surface area contributed by atoms with Crippen LogP contribution in [-0.4, -0.2) is 35.0 Å². The standard InChI is InChI=1S/C15H23N3O/c1-11(19)13-5-7-18(8-6-13)10-12-3-2-4-14(9-12)15(16)17/h2-4,9,11,13,19H,5-8,10H2,1H3,(H3,16,17). The van der Waals surface area contributed by atoms with Gasteiger partial charge in [-0.2, -0.15) is 0 Å². The molecule has 1 atom stereocenters. The summed E-state index contributed by atoms with van der Waals surface area (Å²) < 4.78 is 0. The first kappa shape index (κ1) is 14.0. The van der Waals surface area contributed by atoms with E-state index in [1.807, 2.05) is 25.1 Å². The fourth-order valence-corrected chi connectivity index (χ4v) is 2.69. The maximum Gasteiger partial charge on any atom is 0.122 e. The van der Waals surface area contributed by atoms with Crippen molar-refractivity contribution >= 4 is 5.84 Å². The number of rotatable bonds is 4. The first-order valence-electron chi connectivity index (χ1n) is 6.90. The molecule has 4 nitrogen and oxygen atoms in total. The second-order valence-electron chi connectivity index (χ2n) is 5.47. The minimum absolute atomic E-state index is 0.120. The summed E-state index contributed by atoms with van der Waals surface area (Å²) >= 11 is 0. The van der Waals surface area contributed by atoms with Gasteiger partial charge in [-0.15, -0.1) is 0 Å². The number of amidine groups is 1. The van der Waals surface area contributed by atoms with E-state index >= 15 is 0 Å². The van der Waals surface area contributed by atoms with Gasteiger partial charge in [0.2, 0.25) is 0 Å². The van der Waals surface area contributed by atoms with Crippen LogP contribution in [0.3, 0.4) is 0 Å². The zero-order valence-electron chi connectivity index (χ0n) is 11.5. The highest BCUT2D eigenvalue weighted by Gasteiger charge is 2.22. The summed E-state index contributed by atoms with van der Waals surface area (Å²) in [5.41, 5.74) is 7.49. The lowest BCUT2D eigenvalue weighted by Gasteiger charge is -2.33. The fraction of sp³-hybridized carbons (Fsp3) is 0.533. The lowest BCUT2D eigenvalue weighted by Crippen LogP contribution is -2.36. The zero-order chi connectivity index (χ0) is 13.8. The molecule has 0 saturated carbocycles. The third-order valence-electron chi connectivity index (χ3n) is 3.96. The molecule has 0 aliphatic carbocycles. The molecule has 0 aromatic heterocycles. The molecule has 4 N–H and O–H groups in total. The molecular weight excluding hydrogens is 238 g/mol. The molecule has 2 rings (SSSR count). The van der Waals surface area contributed by atoms with Crippen molar-refractivity contribution in [3.63, 3.8) is 0 Å². The van der Waals surface area contributed by atoms with E-state index in [0.29, 0.717) is 5.92 Å². The van der Waals surface area contributed by atoms with E-state index in [2.05, 4.69) is 11.0 Å². The Morgan fingerprint density at radius 3 is 2.74 bits per heavy atom. The summed E-state index contributed by atoms with van der Waals surface area (Å²) in [6.07, 6.45) is 1.93. The number of nitrogen functional groups attached to an aromatic ring is 1. The largest absolute Gasteiger partial charge is 0.393 e. The predicted molar refractivity (Wildman–Crippen MR) is 77.1 cm³/mol. The second-order valence-corrected chi connectivity index (χ2v) is 5.47. The Hall–Kier alpha value is -1.39. The number of piperidine rings is 1. The molecule has 1 aliphatic rings. The van der Waals surface area contributed by atoms with Gasteiger partial charge >= 0.3 is 0 Å². The van der Waals surface area contributed by atoms with Gasteiger partial charge in [0.05, 0.1) is 6.10 Å². The number of hydrogen-bond donors (Lipinski definition) is 3. The Kier molecular flexibility index (Phi) is 4.56. The van der Waals surface area contributed by atoms with Gasteiger partial charge in [-0.1, -0.05) is 18.2 Å². The van der Waals surface area contributed by atoms with Gasteiger partial charge in [-0.3, -0.25) is 10.3 Å². The van der Waals surface area contributed by atoms with Crippen molar-refractivity contribution in [3.05, 3.63) is 35.4 Å². The van der Waals surface area contributed by atoms with Crippen LogP contribution < -0.4 is 5.73 Å². The van der Waals surface area contributed by atoms with E-state index in [0.717, 1.165) is 38.0 Å². The van der Waals surface area contributed by atoms with Gasteiger partial charge in [0.1, 0.15) is 5.84 Å². The van der Waals surface area contributed by atoms with Crippen LogP contribution in [0.15, 0.2) is 24.3 Å². The highest BCUT2D eigenvalue weighted by atomic mass is 16.3. The lowest BCUT2D eigenvalue weighted by molar-refractivity contribution is 0.0695. The van der Waals surface area contributed by atoms with Crippen molar-refractivity contribution < 1.29 is 5.11 Å². The van der Waals surface area contributed by atoms with Crippen LogP contribution in [-0.2, 0) is 6.54 Å². The Balaban J connectivity index is 1.92. The van der Waals surface area contributed by atoms with Crippen LogP contribution in [0.2, 0.25) is 0 Å². The Bertz CT molecular complexity index is 437. The normalized spacial score (nSPS) is 19.3. The molecule has 1 saturated heterocycles. The Morgan fingerprint density at radius 2 is 2.16 bits per heavy atom. The van der Waals surface area contributed by atoms with Gasteiger partial charge in [0.25, 0.3) is 0 Å². The molecule has 1 aliphatic heterocycles. The third-order valence-corrected chi connectivity index (χ3v) is 3.96. The summed E-state index contributed by atoms with van der Waals surface area (Å²) in [7, 11) is 0. The minimum Gasteiger partial charge on any atom is -0.393 e. The van der Waals surface area contributed by atoms with Crippen LogP contribution in [0.25, 0.3) is 0 Å². The van der Waals surface area contributed by atoms with E-state index in [1.165, 1.54) is 5.56 Å². The summed E-state index contributed by atoms with van der Waals surface area (Å²) in [4.78, 5) is 2.40. The third kappa shape index (κ3) is 3.78. The monoisotopic (exact) mass is 261 g/mol. The van der Waals surface area contributed by atoms with Crippen LogP contribution in [0, 0.1) is 11.3 Å². The maximum absolute atomic E-state index is 9.59. The molecule has 0 radical (unpaired) electrons. The van der Waals surface area contributed by atoms with Crippen molar-refractivity contribution in [1.82, 2.24) is 4.90 Å². The molecule has 19 heavy (non-hydrogen) atoms. The number of hydrogen-bond acceptors (Lipinski definition) is 3. The fourth-order valence-electron chi connectivity index (χ4n) is 2.69. The number of nitrogens with two attached hydrogens (primary N) is 1. The molecule has 4 heteroatoms. The van der Waals surface area contributed by atoms with Gasteiger partial charge in [-0.25, -0.2) is 0 Å². The van der Waals surface area contributed by atoms with E-state index in [1.54, 1.807) is 0 Å².